The van der Waals surface area contributed by atoms with Crippen molar-refractivity contribution in [3.63, 3.8) is 0 Å². The molecule has 0 aliphatic heterocycles. The van der Waals surface area contributed by atoms with E-state index in [1.807, 2.05) is 12.2 Å². The quantitative estimate of drug-likeness (QED) is 0.620. The molecule has 3 aliphatic rings. The first-order valence-corrected chi connectivity index (χ1v) is 8.29. The number of hydrogen-bond acceptors (Lipinski definition) is 2. The average Bonchev–Trinajstić information content (AvgIpc) is 3.00. The lowest BCUT2D eigenvalue weighted by molar-refractivity contribution is -0.148. The van der Waals surface area contributed by atoms with Crippen LogP contribution in [-0.2, 0) is 9.59 Å². The standard InChI is InChI=1S/C17H25NO3/c1-10-5-3-2-4-6-13(10)18-16(19)14-11-7-8-12(9-11)15(14)17(20)21/h7-8,10-15H,2-6,9H2,1H3,(H,18,19)(H,20,21)/t10?,11?,12?,13?,14-,15+/m0/s1. The number of nitrogens with one attached hydrogen (secondary N) is 1. The van der Waals surface area contributed by atoms with Crippen LogP contribution in [-0.4, -0.2) is 23.0 Å². The topological polar surface area (TPSA) is 66.4 Å². The van der Waals surface area contributed by atoms with E-state index < -0.39 is 11.9 Å². The summed E-state index contributed by atoms with van der Waals surface area (Å²) >= 11 is 0. The van der Waals surface area contributed by atoms with Crippen molar-refractivity contribution in [1.82, 2.24) is 5.32 Å². The fourth-order valence-electron chi connectivity index (χ4n) is 4.50. The van der Waals surface area contributed by atoms with E-state index in [0.717, 1.165) is 25.7 Å². The second-order valence-electron chi connectivity index (χ2n) is 7.07. The van der Waals surface area contributed by atoms with Gasteiger partial charge in [-0.1, -0.05) is 38.3 Å². The third kappa shape index (κ3) is 2.72. The fourth-order valence-corrected chi connectivity index (χ4v) is 4.50. The van der Waals surface area contributed by atoms with Gasteiger partial charge in [0.2, 0.25) is 5.91 Å². The van der Waals surface area contributed by atoms with Gasteiger partial charge in [0.05, 0.1) is 11.8 Å². The van der Waals surface area contributed by atoms with Gasteiger partial charge in [-0.2, -0.15) is 0 Å². The van der Waals surface area contributed by atoms with E-state index in [4.69, 9.17) is 0 Å². The van der Waals surface area contributed by atoms with Gasteiger partial charge in [0.15, 0.2) is 0 Å². The Balaban J connectivity index is 1.69. The molecule has 2 bridgehead atoms. The number of rotatable bonds is 3. The van der Waals surface area contributed by atoms with E-state index in [0.29, 0.717) is 5.92 Å². The second-order valence-corrected chi connectivity index (χ2v) is 7.07. The molecule has 0 heterocycles. The molecule has 3 rings (SSSR count). The molecule has 2 fully saturated rings. The van der Waals surface area contributed by atoms with Crippen molar-refractivity contribution < 1.29 is 14.7 Å². The highest BCUT2D eigenvalue weighted by molar-refractivity contribution is 5.87. The van der Waals surface area contributed by atoms with Crippen molar-refractivity contribution in [3.05, 3.63) is 12.2 Å². The molecule has 0 aromatic rings. The first-order valence-electron chi connectivity index (χ1n) is 8.29. The van der Waals surface area contributed by atoms with Crippen molar-refractivity contribution in [1.29, 1.82) is 0 Å². The monoisotopic (exact) mass is 291 g/mol. The Morgan fingerprint density at radius 1 is 1.05 bits per heavy atom. The number of carboxylic acid groups (broad SMARTS) is 1. The Kier molecular flexibility index (Phi) is 4.05. The molecule has 1 amide bonds. The van der Waals surface area contributed by atoms with E-state index in [1.165, 1.54) is 12.8 Å². The number of aliphatic carboxylic acids is 1. The molecule has 3 aliphatic carbocycles. The highest BCUT2D eigenvalue weighted by Gasteiger charge is 2.51. The Bertz CT molecular complexity index is 459. The maximum atomic E-state index is 12.7. The minimum atomic E-state index is -0.819. The minimum Gasteiger partial charge on any atom is -0.481 e. The van der Waals surface area contributed by atoms with Crippen LogP contribution in [0.25, 0.3) is 0 Å². The van der Waals surface area contributed by atoms with E-state index in [1.54, 1.807) is 0 Å². The van der Waals surface area contributed by atoms with Crippen LogP contribution >= 0.6 is 0 Å². The molecule has 4 heteroatoms. The summed E-state index contributed by atoms with van der Waals surface area (Å²) in [5.74, 6) is -1.08. The molecule has 0 aromatic carbocycles. The Labute approximate surface area is 126 Å². The number of carbonyl (C=O) groups excluding carboxylic acids is 1. The van der Waals surface area contributed by atoms with Crippen LogP contribution in [0.15, 0.2) is 12.2 Å². The van der Waals surface area contributed by atoms with E-state index in [-0.39, 0.29) is 29.7 Å². The van der Waals surface area contributed by atoms with Crippen LogP contribution in [0.3, 0.4) is 0 Å². The zero-order valence-corrected chi connectivity index (χ0v) is 12.6. The largest absolute Gasteiger partial charge is 0.481 e. The molecule has 0 radical (unpaired) electrons. The molecule has 2 saturated carbocycles. The first-order chi connectivity index (χ1) is 10.1. The molecule has 2 N–H and O–H groups in total. The van der Waals surface area contributed by atoms with Gasteiger partial charge in [0, 0.05) is 6.04 Å². The molecule has 21 heavy (non-hydrogen) atoms. The van der Waals surface area contributed by atoms with Crippen LogP contribution in [0.2, 0.25) is 0 Å². The van der Waals surface area contributed by atoms with Gasteiger partial charge < -0.3 is 10.4 Å². The summed E-state index contributed by atoms with van der Waals surface area (Å²) in [5, 5.41) is 12.6. The van der Waals surface area contributed by atoms with Gasteiger partial charge >= 0.3 is 5.97 Å². The van der Waals surface area contributed by atoms with Gasteiger partial charge in [-0.15, -0.1) is 0 Å². The van der Waals surface area contributed by atoms with Gasteiger partial charge in [0.25, 0.3) is 0 Å². The molecule has 4 nitrogen and oxygen atoms in total. The zero-order valence-electron chi connectivity index (χ0n) is 12.6. The number of fused-ring (bicyclic) bond motifs is 2. The molecule has 0 spiro atoms. The smallest absolute Gasteiger partial charge is 0.307 e. The van der Waals surface area contributed by atoms with E-state index in [9.17, 15) is 14.7 Å². The summed E-state index contributed by atoms with van der Waals surface area (Å²) in [4.78, 5) is 24.2. The summed E-state index contributed by atoms with van der Waals surface area (Å²) in [7, 11) is 0. The van der Waals surface area contributed by atoms with Crippen LogP contribution in [0.1, 0.15) is 45.4 Å². The van der Waals surface area contributed by atoms with Gasteiger partial charge in [-0.25, -0.2) is 0 Å². The summed E-state index contributed by atoms with van der Waals surface area (Å²) in [6.45, 7) is 2.20. The van der Waals surface area contributed by atoms with Crippen molar-refractivity contribution in [2.45, 2.75) is 51.5 Å². The van der Waals surface area contributed by atoms with E-state index in [2.05, 4.69) is 12.2 Å². The van der Waals surface area contributed by atoms with Crippen molar-refractivity contribution in [2.24, 2.45) is 29.6 Å². The zero-order chi connectivity index (χ0) is 15.0. The minimum absolute atomic E-state index is 0.0296. The first kappa shape index (κ1) is 14.6. The number of allylic oxidation sites excluding steroid dienone is 2. The molecule has 0 aromatic heterocycles. The number of carboxylic acids is 1. The number of amides is 1. The lowest BCUT2D eigenvalue weighted by Gasteiger charge is -2.29. The van der Waals surface area contributed by atoms with Gasteiger partial charge in [-0.3, -0.25) is 9.59 Å². The Morgan fingerprint density at radius 2 is 1.71 bits per heavy atom. The third-order valence-corrected chi connectivity index (χ3v) is 5.74. The Morgan fingerprint density at radius 3 is 2.43 bits per heavy atom. The number of hydrogen-bond donors (Lipinski definition) is 2. The summed E-state index contributed by atoms with van der Waals surface area (Å²) < 4.78 is 0. The van der Waals surface area contributed by atoms with Gasteiger partial charge in [-0.05, 0) is 37.0 Å². The molecule has 6 atom stereocenters. The van der Waals surface area contributed by atoms with E-state index >= 15 is 0 Å². The van der Waals surface area contributed by atoms with Crippen LogP contribution < -0.4 is 5.32 Å². The highest BCUT2D eigenvalue weighted by atomic mass is 16.4. The van der Waals surface area contributed by atoms with Crippen molar-refractivity contribution in [2.75, 3.05) is 0 Å². The molecular weight excluding hydrogens is 266 g/mol. The second kappa shape index (κ2) is 5.82. The lowest BCUT2D eigenvalue weighted by atomic mass is 9.82. The predicted octanol–water partition coefficient (Wildman–Crippen LogP) is 2.59. The summed E-state index contributed by atoms with van der Waals surface area (Å²) in [6.07, 6.45) is 10.7. The Hall–Kier alpha value is -1.32. The van der Waals surface area contributed by atoms with Gasteiger partial charge in [0.1, 0.15) is 0 Å². The fraction of sp³-hybridized carbons (Fsp3) is 0.765. The maximum Gasteiger partial charge on any atom is 0.307 e. The SMILES string of the molecule is CC1CCCCCC1NC(=O)[C@H]1C2C=CC(C2)[C@H]1C(=O)O. The molecule has 116 valence electrons. The van der Waals surface area contributed by atoms with Crippen LogP contribution in [0.4, 0.5) is 0 Å². The molecular formula is C17H25NO3. The van der Waals surface area contributed by atoms with Crippen LogP contribution in [0, 0.1) is 29.6 Å². The predicted molar refractivity (Wildman–Crippen MR) is 79.5 cm³/mol. The van der Waals surface area contributed by atoms with Crippen molar-refractivity contribution >= 4 is 11.9 Å². The maximum absolute atomic E-state index is 12.7. The third-order valence-electron chi connectivity index (χ3n) is 5.74. The number of carbonyl (C=O) groups is 2. The highest BCUT2D eigenvalue weighted by Crippen LogP contribution is 2.48. The summed E-state index contributed by atoms with van der Waals surface area (Å²) in [5.41, 5.74) is 0. The summed E-state index contributed by atoms with van der Waals surface area (Å²) in [6, 6.07) is 0.220. The van der Waals surface area contributed by atoms with Crippen molar-refractivity contribution in [3.8, 4) is 0 Å². The lowest BCUT2D eigenvalue weighted by Crippen LogP contribution is -2.46. The molecule has 4 unspecified atom stereocenters. The average molecular weight is 291 g/mol. The molecule has 0 saturated heterocycles. The van der Waals surface area contributed by atoms with Crippen LogP contribution in [0.5, 0.6) is 0 Å². The normalized spacial score (nSPS) is 41.8.